The molecule has 0 radical (unpaired) electrons. The van der Waals surface area contributed by atoms with E-state index >= 15 is 0 Å². The first kappa shape index (κ1) is 24.1. The Morgan fingerprint density at radius 2 is 1.85 bits per heavy atom. The summed E-state index contributed by atoms with van der Waals surface area (Å²) in [6, 6.07) is 11.3. The van der Waals surface area contributed by atoms with E-state index in [-0.39, 0.29) is 11.5 Å². The van der Waals surface area contributed by atoms with Gasteiger partial charge in [-0.1, -0.05) is 17.7 Å². The lowest BCUT2D eigenvalue weighted by Gasteiger charge is -2.13. The fourth-order valence-electron chi connectivity index (χ4n) is 2.82. The van der Waals surface area contributed by atoms with Gasteiger partial charge in [-0.05, 0) is 66.7 Å². The molecule has 1 saturated heterocycles. The standard InChI is InChI=1S/C22H20ClN3O6S/c1-2-31-17-9-13(3-8-16(17)32-12-19(24)27)10-18-21(29)26(22(30)33-18)11-20(28)25-15-6-4-14(23)5-7-15/h3-10H,2,11-12H2,1H3,(H2,24,27)(H,25,28)/b18-10-. The molecule has 3 N–H and O–H groups in total. The zero-order valence-corrected chi connectivity index (χ0v) is 19.1. The van der Waals surface area contributed by atoms with Crippen molar-refractivity contribution in [3.8, 4) is 11.5 Å². The highest BCUT2D eigenvalue weighted by Gasteiger charge is 2.36. The van der Waals surface area contributed by atoms with Gasteiger partial charge >= 0.3 is 0 Å². The monoisotopic (exact) mass is 489 g/mol. The van der Waals surface area contributed by atoms with E-state index in [4.69, 9.17) is 26.8 Å². The molecule has 0 spiro atoms. The zero-order valence-electron chi connectivity index (χ0n) is 17.5. The Balaban J connectivity index is 1.71. The molecule has 0 unspecified atom stereocenters. The van der Waals surface area contributed by atoms with Crippen LogP contribution in [-0.4, -0.2) is 47.6 Å². The van der Waals surface area contributed by atoms with Crippen LogP contribution in [0, 0.1) is 0 Å². The van der Waals surface area contributed by atoms with Gasteiger partial charge in [-0.15, -0.1) is 0 Å². The lowest BCUT2D eigenvalue weighted by atomic mass is 10.2. The minimum Gasteiger partial charge on any atom is -0.490 e. The van der Waals surface area contributed by atoms with Crippen molar-refractivity contribution in [2.24, 2.45) is 5.73 Å². The van der Waals surface area contributed by atoms with Crippen molar-refractivity contribution in [3.05, 3.63) is 58.0 Å². The van der Waals surface area contributed by atoms with Gasteiger partial charge in [0.1, 0.15) is 6.54 Å². The van der Waals surface area contributed by atoms with Crippen LogP contribution < -0.4 is 20.5 Å². The highest BCUT2D eigenvalue weighted by Crippen LogP contribution is 2.34. The second kappa shape index (κ2) is 10.9. The van der Waals surface area contributed by atoms with Gasteiger partial charge < -0.3 is 20.5 Å². The van der Waals surface area contributed by atoms with Gasteiger partial charge in [0.25, 0.3) is 17.1 Å². The maximum atomic E-state index is 12.7. The molecule has 172 valence electrons. The first-order chi connectivity index (χ1) is 15.8. The average Bonchev–Trinajstić information content (AvgIpc) is 3.02. The highest BCUT2D eigenvalue weighted by atomic mass is 35.5. The molecule has 3 rings (SSSR count). The molecule has 1 aliphatic heterocycles. The summed E-state index contributed by atoms with van der Waals surface area (Å²) in [6.45, 7) is 1.39. The Hall–Kier alpha value is -3.50. The summed E-state index contributed by atoms with van der Waals surface area (Å²) in [5, 5.41) is 2.58. The lowest BCUT2D eigenvalue weighted by Crippen LogP contribution is -2.36. The first-order valence-electron chi connectivity index (χ1n) is 9.75. The molecule has 0 bridgehead atoms. The summed E-state index contributed by atoms with van der Waals surface area (Å²) >= 11 is 6.55. The number of primary amides is 1. The van der Waals surface area contributed by atoms with Crippen LogP contribution in [-0.2, 0) is 14.4 Å². The van der Waals surface area contributed by atoms with Crippen molar-refractivity contribution in [1.82, 2.24) is 4.90 Å². The maximum absolute atomic E-state index is 12.7. The number of ether oxygens (including phenoxy) is 2. The summed E-state index contributed by atoms with van der Waals surface area (Å²) < 4.78 is 10.8. The number of nitrogens with two attached hydrogens (primary N) is 1. The molecule has 0 atom stereocenters. The minimum absolute atomic E-state index is 0.160. The third-order valence-electron chi connectivity index (χ3n) is 4.24. The number of imide groups is 1. The molecule has 2 aromatic rings. The largest absolute Gasteiger partial charge is 0.490 e. The van der Waals surface area contributed by atoms with Crippen LogP contribution in [0.25, 0.3) is 6.08 Å². The Bertz CT molecular complexity index is 1120. The number of thioether (sulfide) groups is 1. The molecule has 33 heavy (non-hydrogen) atoms. The fraction of sp³-hybridized carbons (Fsp3) is 0.182. The Morgan fingerprint density at radius 3 is 2.52 bits per heavy atom. The molecule has 11 heteroatoms. The van der Waals surface area contributed by atoms with Gasteiger partial charge in [0.15, 0.2) is 18.1 Å². The number of hydrogen-bond donors (Lipinski definition) is 2. The van der Waals surface area contributed by atoms with Crippen LogP contribution in [0.15, 0.2) is 47.4 Å². The number of amides is 4. The van der Waals surface area contributed by atoms with Crippen molar-refractivity contribution >= 4 is 58.1 Å². The normalized spacial score (nSPS) is 14.5. The van der Waals surface area contributed by atoms with Gasteiger partial charge in [0.2, 0.25) is 5.91 Å². The van der Waals surface area contributed by atoms with Crippen molar-refractivity contribution in [2.75, 3.05) is 25.1 Å². The molecular formula is C22H20ClN3O6S. The number of halogens is 1. The van der Waals surface area contributed by atoms with Gasteiger partial charge in [-0.2, -0.15) is 0 Å². The molecule has 0 aromatic heterocycles. The van der Waals surface area contributed by atoms with Crippen LogP contribution in [0.2, 0.25) is 5.02 Å². The third-order valence-corrected chi connectivity index (χ3v) is 5.40. The predicted octanol–water partition coefficient (Wildman–Crippen LogP) is 3.28. The number of nitrogens with one attached hydrogen (secondary N) is 1. The topological polar surface area (TPSA) is 128 Å². The van der Waals surface area contributed by atoms with Crippen molar-refractivity contribution in [3.63, 3.8) is 0 Å². The molecule has 2 aromatic carbocycles. The second-order valence-corrected chi connectivity index (χ2v) is 8.15. The minimum atomic E-state index is -0.629. The third kappa shape index (κ3) is 6.50. The average molecular weight is 490 g/mol. The number of hydrogen-bond acceptors (Lipinski definition) is 7. The van der Waals surface area contributed by atoms with Crippen molar-refractivity contribution in [1.29, 1.82) is 0 Å². The van der Waals surface area contributed by atoms with E-state index in [1.165, 1.54) is 6.08 Å². The Labute approximate surface area is 198 Å². The van der Waals surface area contributed by atoms with Crippen molar-refractivity contribution in [2.45, 2.75) is 6.92 Å². The van der Waals surface area contributed by atoms with E-state index < -0.39 is 29.5 Å². The molecule has 9 nitrogen and oxygen atoms in total. The fourth-order valence-corrected chi connectivity index (χ4v) is 3.78. The first-order valence-corrected chi connectivity index (χ1v) is 10.9. The van der Waals surface area contributed by atoms with Gasteiger partial charge in [0, 0.05) is 10.7 Å². The van der Waals surface area contributed by atoms with Crippen LogP contribution in [0.5, 0.6) is 11.5 Å². The van der Waals surface area contributed by atoms with E-state index in [1.54, 1.807) is 49.4 Å². The summed E-state index contributed by atoms with van der Waals surface area (Å²) in [6.07, 6.45) is 1.52. The molecule has 1 aliphatic rings. The van der Waals surface area contributed by atoms with E-state index in [0.29, 0.717) is 34.4 Å². The van der Waals surface area contributed by atoms with Crippen LogP contribution in [0.3, 0.4) is 0 Å². The smallest absolute Gasteiger partial charge is 0.294 e. The molecule has 0 aliphatic carbocycles. The predicted molar refractivity (Wildman–Crippen MR) is 125 cm³/mol. The van der Waals surface area contributed by atoms with Gasteiger partial charge in [-0.25, -0.2) is 0 Å². The Morgan fingerprint density at radius 1 is 1.12 bits per heavy atom. The molecular weight excluding hydrogens is 470 g/mol. The molecule has 0 saturated carbocycles. The number of anilines is 1. The SMILES string of the molecule is CCOc1cc(/C=C2\SC(=O)N(CC(=O)Nc3ccc(Cl)cc3)C2=O)ccc1OCC(N)=O. The van der Waals surface area contributed by atoms with Gasteiger partial charge in [-0.3, -0.25) is 24.1 Å². The summed E-state index contributed by atoms with van der Waals surface area (Å²) in [4.78, 5) is 49.3. The van der Waals surface area contributed by atoms with Crippen molar-refractivity contribution < 1.29 is 28.7 Å². The highest BCUT2D eigenvalue weighted by molar-refractivity contribution is 8.18. The van der Waals surface area contributed by atoms with E-state index in [9.17, 15) is 19.2 Å². The maximum Gasteiger partial charge on any atom is 0.294 e. The van der Waals surface area contributed by atoms with Crippen LogP contribution in [0.1, 0.15) is 12.5 Å². The van der Waals surface area contributed by atoms with Gasteiger partial charge in [0.05, 0.1) is 11.5 Å². The van der Waals surface area contributed by atoms with E-state index in [2.05, 4.69) is 5.32 Å². The van der Waals surface area contributed by atoms with E-state index in [1.807, 2.05) is 0 Å². The number of carbonyl (C=O) groups excluding carboxylic acids is 4. The summed E-state index contributed by atoms with van der Waals surface area (Å²) in [5.41, 5.74) is 6.17. The van der Waals surface area contributed by atoms with Crippen LogP contribution in [0.4, 0.5) is 10.5 Å². The molecule has 1 heterocycles. The summed E-state index contributed by atoms with van der Waals surface area (Å²) in [7, 11) is 0. The lowest BCUT2D eigenvalue weighted by molar-refractivity contribution is -0.127. The Kier molecular flexibility index (Phi) is 7.96. The van der Waals surface area contributed by atoms with Crippen LogP contribution >= 0.6 is 23.4 Å². The second-order valence-electron chi connectivity index (χ2n) is 6.72. The summed E-state index contributed by atoms with van der Waals surface area (Å²) in [5.74, 6) is -1.05. The van der Waals surface area contributed by atoms with E-state index in [0.717, 1.165) is 16.7 Å². The molecule has 1 fully saturated rings. The number of carbonyl (C=O) groups is 4. The number of rotatable bonds is 9. The number of nitrogens with zero attached hydrogens (tertiary/aromatic N) is 1. The zero-order chi connectivity index (χ0) is 24.0. The number of benzene rings is 2. The molecule has 4 amide bonds. The quantitative estimate of drug-likeness (QED) is 0.517.